The number of carbonyl (C=O) groups excluding carboxylic acids is 2. The van der Waals surface area contributed by atoms with E-state index in [1.807, 2.05) is 0 Å². The number of thiol groups is 1. The quantitative estimate of drug-likeness (QED) is 0.392. The van der Waals surface area contributed by atoms with Gasteiger partial charge in [-0.15, -0.1) is 0 Å². The smallest absolute Gasteiger partial charge is 0.261 e. The monoisotopic (exact) mass is 196 g/mol. The fourth-order valence-corrected chi connectivity index (χ4v) is 1.64. The van der Waals surface area contributed by atoms with Crippen molar-refractivity contribution in [1.29, 1.82) is 0 Å². The van der Waals surface area contributed by atoms with E-state index >= 15 is 0 Å². The molecule has 0 aromatic carbocycles. The number of hydrogen-bond acceptors (Lipinski definition) is 4. The Kier molecular flexibility index (Phi) is 3.74. The van der Waals surface area contributed by atoms with E-state index in [-0.39, 0.29) is 6.42 Å². The van der Waals surface area contributed by atoms with Crippen LogP contribution in [-0.4, -0.2) is 19.8 Å². The van der Waals surface area contributed by atoms with Crippen LogP contribution in [0.2, 0.25) is 0 Å². The molecule has 0 rings (SSSR count). The molecule has 0 aliphatic carbocycles. The Balaban J connectivity index is 4.38. The van der Waals surface area contributed by atoms with Gasteiger partial charge in [0.1, 0.15) is 6.29 Å². The van der Waals surface area contributed by atoms with Crippen LogP contribution in [0.1, 0.15) is 13.3 Å². The zero-order chi connectivity index (χ0) is 9.07. The number of rotatable bonds is 3. The highest BCUT2D eigenvalue weighted by Crippen LogP contribution is 2.09. The van der Waals surface area contributed by atoms with E-state index in [2.05, 4.69) is 11.7 Å². The molecule has 0 fully saturated rings. The van der Waals surface area contributed by atoms with Crippen molar-refractivity contribution < 1.29 is 18.0 Å². The number of aldehydes is 1. The summed E-state index contributed by atoms with van der Waals surface area (Å²) in [5, 5.41) is -1.01. The summed E-state index contributed by atoms with van der Waals surface area (Å²) in [6, 6.07) is 0. The topological polar surface area (TPSA) is 68.3 Å². The lowest BCUT2D eigenvalue weighted by atomic mass is 10.1. The summed E-state index contributed by atoms with van der Waals surface area (Å²) in [6.45, 7) is 1.37. The maximum Gasteiger partial charge on any atom is 0.261 e. The molecule has 64 valence electrons. The lowest BCUT2D eigenvalue weighted by Gasteiger charge is -2.01. The standard InChI is InChI=1S/C5H8O4S2/c1-4(2-3-6)5(7)11(8,9)10/h3-4H,2H2,1H3,(H,8,9,10). The summed E-state index contributed by atoms with van der Waals surface area (Å²) in [5.74, 6) is -0.796. The first-order valence-corrected chi connectivity index (χ1v) is 5.38. The first-order valence-electron chi connectivity index (χ1n) is 2.84. The summed E-state index contributed by atoms with van der Waals surface area (Å²) < 4.78 is 20.9. The highest BCUT2D eigenvalue weighted by Gasteiger charge is 2.23. The van der Waals surface area contributed by atoms with Crippen molar-refractivity contribution in [2.75, 3.05) is 0 Å². The molecule has 0 N–H and O–H groups in total. The van der Waals surface area contributed by atoms with Crippen molar-refractivity contribution >= 4 is 31.9 Å². The lowest BCUT2D eigenvalue weighted by molar-refractivity contribution is -0.117. The van der Waals surface area contributed by atoms with Gasteiger partial charge in [-0.25, -0.2) is 8.42 Å². The van der Waals surface area contributed by atoms with Crippen molar-refractivity contribution in [3.8, 4) is 0 Å². The van der Waals surface area contributed by atoms with Crippen molar-refractivity contribution in [1.82, 2.24) is 0 Å². The third kappa shape index (κ3) is 3.52. The van der Waals surface area contributed by atoms with Gasteiger partial charge in [0.05, 0.1) is 0 Å². The molecule has 0 aliphatic heterocycles. The zero-order valence-corrected chi connectivity index (χ0v) is 7.56. The fourth-order valence-electron chi connectivity index (χ4n) is 0.495. The van der Waals surface area contributed by atoms with Crippen LogP contribution in [0, 0.1) is 5.92 Å². The van der Waals surface area contributed by atoms with E-state index in [0.29, 0.717) is 6.29 Å². The Hall–Kier alpha value is -0.360. The summed E-state index contributed by atoms with van der Waals surface area (Å²) in [4.78, 5) is 20.6. The Morgan fingerprint density at radius 3 is 2.36 bits per heavy atom. The van der Waals surface area contributed by atoms with E-state index in [1.165, 1.54) is 6.92 Å². The van der Waals surface area contributed by atoms with Gasteiger partial charge in [-0.05, 0) is 11.7 Å². The van der Waals surface area contributed by atoms with E-state index in [9.17, 15) is 18.0 Å². The summed E-state index contributed by atoms with van der Waals surface area (Å²) >= 11 is 3.09. The van der Waals surface area contributed by atoms with Crippen molar-refractivity contribution in [2.45, 2.75) is 13.3 Å². The van der Waals surface area contributed by atoms with Gasteiger partial charge in [0.2, 0.25) is 0 Å². The van der Waals surface area contributed by atoms with Gasteiger partial charge in [0.25, 0.3) is 14.0 Å². The second-order valence-corrected chi connectivity index (χ2v) is 4.89. The second kappa shape index (κ2) is 3.87. The van der Waals surface area contributed by atoms with Crippen LogP contribution >= 0.6 is 11.7 Å². The van der Waals surface area contributed by atoms with Gasteiger partial charge in [-0.1, -0.05) is 6.92 Å². The largest absolute Gasteiger partial charge is 0.303 e. The highest BCUT2D eigenvalue weighted by molar-refractivity contribution is 8.69. The summed E-state index contributed by atoms with van der Waals surface area (Å²) in [5.41, 5.74) is 0. The minimum absolute atomic E-state index is 0.0847. The Bertz CT molecular complexity index is 254. The van der Waals surface area contributed by atoms with E-state index in [4.69, 9.17) is 0 Å². The van der Waals surface area contributed by atoms with Gasteiger partial charge in [0.15, 0.2) is 0 Å². The minimum Gasteiger partial charge on any atom is -0.303 e. The van der Waals surface area contributed by atoms with Crippen LogP contribution in [0.15, 0.2) is 0 Å². The van der Waals surface area contributed by atoms with Crippen molar-refractivity contribution in [3.63, 3.8) is 0 Å². The van der Waals surface area contributed by atoms with Crippen molar-refractivity contribution in [3.05, 3.63) is 0 Å². The van der Waals surface area contributed by atoms with Crippen LogP contribution in [0.5, 0.6) is 0 Å². The second-order valence-electron chi connectivity index (χ2n) is 2.10. The molecule has 0 saturated carbocycles. The first kappa shape index (κ1) is 10.6. The third-order valence-corrected chi connectivity index (χ3v) is 2.56. The molecule has 11 heavy (non-hydrogen) atoms. The van der Waals surface area contributed by atoms with Crippen LogP contribution in [-0.2, 0) is 18.5 Å². The molecule has 0 heterocycles. The predicted octanol–water partition coefficient (Wildman–Crippen LogP) is -0.00230. The molecule has 0 aromatic rings. The predicted molar refractivity (Wildman–Crippen MR) is 42.8 cm³/mol. The molecule has 4 nitrogen and oxygen atoms in total. The van der Waals surface area contributed by atoms with Crippen molar-refractivity contribution in [2.24, 2.45) is 5.92 Å². The molecular weight excluding hydrogens is 188 g/mol. The molecule has 0 saturated heterocycles. The molecule has 0 aromatic heterocycles. The van der Waals surface area contributed by atoms with Gasteiger partial charge < -0.3 is 4.79 Å². The molecule has 0 spiro atoms. The zero-order valence-electron chi connectivity index (χ0n) is 5.85. The molecule has 0 bridgehead atoms. The molecule has 0 amide bonds. The fraction of sp³-hybridized carbons (Fsp3) is 0.600. The number of hydrogen-bond donors (Lipinski definition) is 1. The van der Waals surface area contributed by atoms with Crippen LogP contribution in [0.4, 0.5) is 0 Å². The van der Waals surface area contributed by atoms with E-state index < -0.39 is 19.9 Å². The maximum atomic E-state index is 10.7. The molecule has 1 atom stereocenters. The van der Waals surface area contributed by atoms with Gasteiger partial charge in [-0.3, -0.25) is 4.79 Å². The highest BCUT2D eigenvalue weighted by atomic mass is 33.1. The van der Waals surface area contributed by atoms with Crippen LogP contribution in [0.25, 0.3) is 0 Å². The van der Waals surface area contributed by atoms with E-state index in [0.717, 1.165) is 0 Å². The number of carbonyl (C=O) groups is 2. The minimum atomic E-state index is -3.93. The van der Waals surface area contributed by atoms with Crippen LogP contribution < -0.4 is 0 Å². The van der Waals surface area contributed by atoms with Crippen LogP contribution in [0.3, 0.4) is 0 Å². The normalized spacial score (nSPS) is 14.0. The Labute approximate surface area is 69.7 Å². The first-order chi connectivity index (χ1) is 4.89. The summed E-state index contributed by atoms with van der Waals surface area (Å²) in [6.07, 6.45) is 0.417. The van der Waals surface area contributed by atoms with E-state index in [1.54, 1.807) is 0 Å². The lowest BCUT2D eigenvalue weighted by Crippen LogP contribution is -2.17. The average molecular weight is 196 g/mol. The molecule has 0 aliphatic rings. The average Bonchev–Trinajstić information content (AvgIpc) is 1.85. The molecule has 6 heteroatoms. The van der Waals surface area contributed by atoms with Gasteiger partial charge >= 0.3 is 0 Å². The molecule has 1 unspecified atom stereocenters. The Morgan fingerprint density at radius 1 is 1.64 bits per heavy atom. The third-order valence-electron chi connectivity index (χ3n) is 1.11. The molecular formula is C5H8O4S2. The Morgan fingerprint density at radius 2 is 2.09 bits per heavy atom. The summed E-state index contributed by atoms with van der Waals surface area (Å²) in [7, 11) is -3.93. The molecule has 0 radical (unpaired) electrons. The SMILES string of the molecule is CC(CC=O)C(=O)S(=O)(=O)S. The van der Waals surface area contributed by atoms with Gasteiger partial charge in [0, 0.05) is 12.3 Å². The van der Waals surface area contributed by atoms with Gasteiger partial charge in [-0.2, -0.15) is 0 Å². The maximum absolute atomic E-state index is 10.7.